The van der Waals surface area contributed by atoms with Crippen molar-refractivity contribution in [3.8, 4) is 5.75 Å². The van der Waals surface area contributed by atoms with E-state index in [9.17, 15) is 0 Å². The van der Waals surface area contributed by atoms with Gasteiger partial charge >= 0.3 is 0 Å². The van der Waals surface area contributed by atoms with Crippen LogP contribution in [-0.4, -0.2) is 61.0 Å². The first-order valence-corrected chi connectivity index (χ1v) is 10.7. The molecule has 0 aliphatic carbocycles. The highest BCUT2D eigenvalue weighted by molar-refractivity contribution is 14.0. The minimum atomic E-state index is 0. The second kappa shape index (κ2) is 11.8. The van der Waals surface area contributed by atoms with Crippen LogP contribution in [0.25, 0.3) is 0 Å². The van der Waals surface area contributed by atoms with Crippen molar-refractivity contribution in [1.29, 1.82) is 0 Å². The van der Waals surface area contributed by atoms with Crippen LogP contribution in [-0.2, 0) is 13.1 Å². The molecule has 170 valence electrons. The molecular weight excluding hydrogens is 515 g/mol. The van der Waals surface area contributed by atoms with Crippen LogP contribution in [0.2, 0.25) is 0 Å². The highest BCUT2D eigenvalue weighted by Crippen LogP contribution is 2.28. The maximum absolute atomic E-state index is 5.53. The summed E-state index contributed by atoms with van der Waals surface area (Å²) in [5.74, 6) is 1.86. The van der Waals surface area contributed by atoms with Gasteiger partial charge in [-0.2, -0.15) is 5.10 Å². The van der Waals surface area contributed by atoms with E-state index in [0.717, 1.165) is 56.7 Å². The number of rotatable bonds is 6. The lowest BCUT2D eigenvalue weighted by Gasteiger charge is -2.38. The number of hydrogen-bond acceptors (Lipinski definition) is 4. The molecule has 0 spiro atoms. The Hall–Kier alpha value is -2.75. The van der Waals surface area contributed by atoms with Gasteiger partial charge in [0, 0.05) is 52.2 Å². The van der Waals surface area contributed by atoms with E-state index in [1.165, 1.54) is 11.1 Å². The van der Waals surface area contributed by atoms with Gasteiger partial charge in [0.15, 0.2) is 5.96 Å². The van der Waals surface area contributed by atoms with Gasteiger partial charge in [-0.3, -0.25) is 9.67 Å². The standard InChI is InChI=1S/C24H30N6O.HI/c1-25-24(26-18-20-8-3-4-9-21(20)19-30-13-7-12-27-30)29-16-14-28(15-17-29)22-10-5-6-11-23(22)31-2;/h3-13H,14-19H2,1-2H3,(H,25,26);1H. The Morgan fingerprint density at radius 2 is 1.72 bits per heavy atom. The summed E-state index contributed by atoms with van der Waals surface area (Å²) in [4.78, 5) is 9.23. The van der Waals surface area contributed by atoms with Crippen molar-refractivity contribution >= 4 is 35.6 Å². The third kappa shape index (κ3) is 5.73. The number of ether oxygens (including phenoxy) is 1. The summed E-state index contributed by atoms with van der Waals surface area (Å²) in [6.07, 6.45) is 3.80. The molecule has 0 radical (unpaired) electrons. The summed E-state index contributed by atoms with van der Waals surface area (Å²) in [7, 11) is 3.58. The maximum Gasteiger partial charge on any atom is 0.194 e. The number of piperazine rings is 1. The van der Waals surface area contributed by atoms with Crippen LogP contribution >= 0.6 is 24.0 Å². The van der Waals surface area contributed by atoms with Crippen molar-refractivity contribution in [3.05, 3.63) is 78.1 Å². The molecule has 3 aromatic rings. The molecule has 0 amide bonds. The lowest BCUT2D eigenvalue weighted by molar-refractivity contribution is 0.367. The number of para-hydroxylation sites is 2. The summed E-state index contributed by atoms with van der Waals surface area (Å²) in [5, 5.41) is 7.89. The Morgan fingerprint density at radius 3 is 2.41 bits per heavy atom. The number of hydrogen-bond donors (Lipinski definition) is 1. The Morgan fingerprint density at radius 1 is 1.00 bits per heavy atom. The number of nitrogens with zero attached hydrogens (tertiary/aromatic N) is 5. The molecule has 0 atom stereocenters. The van der Waals surface area contributed by atoms with Crippen molar-refractivity contribution in [3.63, 3.8) is 0 Å². The second-order valence-electron chi connectivity index (χ2n) is 7.52. The van der Waals surface area contributed by atoms with Crippen molar-refractivity contribution < 1.29 is 4.74 Å². The van der Waals surface area contributed by atoms with Crippen molar-refractivity contribution in [1.82, 2.24) is 20.0 Å². The summed E-state index contributed by atoms with van der Waals surface area (Å²) < 4.78 is 7.48. The van der Waals surface area contributed by atoms with E-state index in [1.807, 2.05) is 42.3 Å². The Kier molecular flexibility index (Phi) is 8.78. The fourth-order valence-corrected chi connectivity index (χ4v) is 4.01. The van der Waals surface area contributed by atoms with Gasteiger partial charge in [0.25, 0.3) is 0 Å². The Balaban J connectivity index is 0.00000289. The molecule has 0 bridgehead atoms. The van der Waals surface area contributed by atoms with E-state index in [0.29, 0.717) is 0 Å². The Bertz CT molecular complexity index is 999. The number of methoxy groups -OCH3 is 1. The zero-order chi connectivity index (χ0) is 21.5. The molecule has 2 aromatic carbocycles. The van der Waals surface area contributed by atoms with E-state index in [4.69, 9.17) is 4.74 Å². The highest BCUT2D eigenvalue weighted by Gasteiger charge is 2.21. The summed E-state index contributed by atoms with van der Waals surface area (Å²) in [6, 6.07) is 18.6. The first-order chi connectivity index (χ1) is 15.3. The average molecular weight is 546 g/mol. The molecule has 2 heterocycles. The minimum absolute atomic E-state index is 0. The molecule has 1 N–H and O–H groups in total. The normalized spacial score (nSPS) is 14.1. The fraction of sp³-hybridized carbons (Fsp3) is 0.333. The van der Waals surface area contributed by atoms with E-state index >= 15 is 0 Å². The summed E-state index contributed by atoms with van der Waals surface area (Å²) >= 11 is 0. The lowest BCUT2D eigenvalue weighted by atomic mass is 10.1. The molecular formula is C24H31IN6O. The topological polar surface area (TPSA) is 57.9 Å². The number of benzene rings is 2. The average Bonchev–Trinajstić information content (AvgIpc) is 3.34. The SMILES string of the molecule is CN=C(NCc1ccccc1Cn1cccn1)N1CCN(c2ccccc2OC)CC1.I. The predicted octanol–water partition coefficient (Wildman–Crippen LogP) is 3.46. The smallest absolute Gasteiger partial charge is 0.194 e. The number of halogens is 1. The molecule has 4 rings (SSSR count). The molecule has 1 aliphatic heterocycles. The fourth-order valence-electron chi connectivity index (χ4n) is 4.01. The zero-order valence-electron chi connectivity index (χ0n) is 18.6. The molecule has 7 nitrogen and oxygen atoms in total. The third-order valence-corrected chi connectivity index (χ3v) is 5.66. The molecule has 1 saturated heterocycles. The van der Waals surface area contributed by atoms with Crippen LogP contribution in [0.5, 0.6) is 5.75 Å². The van der Waals surface area contributed by atoms with E-state index in [2.05, 4.69) is 61.6 Å². The molecule has 0 saturated carbocycles. The van der Waals surface area contributed by atoms with Crippen molar-refractivity contribution in [2.24, 2.45) is 4.99 Å². The van der Waals surface area contributed by atoms with Crippen LogP contribution in [0, 0.1) is 0 Å². The zero-order valence-corrected chi connectivity index (χ0v) is 21.0. The van der Waals surface area contributed by atoms with Crippen LogP contribution in [0.4, 0.5) is 5.69 Å². The first kappa shape index (κ1) is 23.9. The summed E-state index contributed by atoms with van der Waals surface area (Å²) in [5.41, 5.74) is 3.67. The van der Waals surface area contributed by atoms with Crippen molar-refractivity contribution in [2.45, 2.75) is 13.1 Å². The predicted molar refractivity (Wildman–Crippen MR) is 140 cm³/mol. The maximum atomic E-state index is 5.53. The largest absolute Gasteiger partial charge is 0.495 e. The number of guanidine groups is 1. The molecule has 1 aromatic heterocycles. The number of nitrogens with one attached hydrogen (secondary N) is 1. The highest BCUT2D eigenvalue weighted by atomic mass is 127. The lowest BCUT2D eigenvalue weighted by Crippen LogP contribution is -2.52. The number of anilines is 1. The van der Waals surface area contributed by atoms with E-state index in [-0.39, 0.29) is 24.0 Å². The van der Waals surface area contributed by atoms with Gasteiger partial charge in [0.2, 0.25) is 0 Å². The van der Waals surface area contributed by atoms with Crippen LogP contribution in [0.1, 0.15) is 11.1 Å². The third-order valence-electron chi connectivity index (χ3n) is 5.66. The molecule has 32 heavy (non-hydrogen) atoms. The quantitative estimate of drug-likeness (QED) is 0.292. The van der Waals surface area contributed by atoms with Gasteiger partial charge in [-0.05, 0) is 29.3 Å². The number of aliphatic imine (C=N–C) groups is 1. The van der Waals surface area contributed by atoms with Gasteiger partial charge in [0.1, 0.15) is 5.75 Å². The summed E-state index contributed by atoms with van der Waals surface area (Å²) in [6.45, 7) is 5.17. The van der Waals surface area contributed by atoms with Gasteiger partial charge < -0.3 is 19.9 Å². The van der Waals surface area contributed by atoms with Gasteiger partial charge in [0.05, 0.1) is 19.3 Å². The molecule has 1 aliphatic rings. The first-order valence-electron chi connectivity index (χ1n) is 10.7. The molecule has 1 fully saturated rings. The van der Waals surface area contributed by atoms with Crippen LogP contribution < -0.4 is 15.0 Å². The minimum Gasteiger partial charge on any atom is -0.495 e. The van der Waals surface area contributed by atoms with Crippen LogP contribution in [0.15, 0.2) is 72.0 Å². The van der Waals surface area contributed by atoms with Crippen LogP contribution in [0.3, 0.4) is 0 Å². The van der Waals surface area contributed by atoms with Gasteiger partial charge in [-0.1, -0.05) is 36.4 Å². The second-order valence-corrected chi connectivity index (χ2v) is 7.52. The van der Waals surface area contributed by atoms with Gasteiger partial charge in [-0.15, -0.1) is 24.0 Å². The van der Waals surface area contributed by atoms with Gasteiger partial charge in [-0.25, -0.2) is 0 Å². The van der Waals surface area contributed by atoms with E-state index < -0.39 is 0 Å². The van der Waals surface area contributed by atoms with Crippen molar-refractivity contribution in [2.75, 3.05) is 45.2 Å². The number of aromatic nitrogens is 2. The monoisotopic (exact) mass is 546 g/mol. The molecule has 8 heteroatoms. The Labute approximate surface area is 207 Å². The molecule has 0 unspecified atom stereocenters. The van der Waals surface area contributed by atoms with E-state index in [1.54, 1.807) is 7.11 Å².